The van der Waals surface area contributed by atoms with Crippen LogP contribution in [0.4, 0.5) is 0 Å². The molecule has 0 spiro atoms. The molecule has 3 nitrogen and oxygen atoms in total. The van der Waals surface area contributed by atoms with Crippen molar-refractivity contribution in [3.05, 3.63) is 219 Å². The number of pyridine rings is 1. The zero-order valence-electron chi connectivity index (χ0n) is 36.2. The summed E-state index contributed by atoms with van der Waals surface area (Å²) in [5.41, 5.74) is 10.9. The van der Waals surface area contributed by atoms with E-state index in [4.69, 9.17) is 4.98 Å². The number of rotatable bonds is 6. The third-order valence-corrected chi connectivity index (χ3v) is 15.4. The van der Waals surface area contributed by atoms with Gasteiger partial charge in [0.1, 0.15) is 0 Å². The number of imidazole rings is 1. The topological polar surface area (TPSA) is 30.7 Å². The monoisotopic (exact) mass is 1050 g/mol. The molecule has 0 fully saturated rings. The number of aromatic nitrogens is 3. The molecule has 0 N–H and O–H groups in total. The molecule has 12 aromatic rings. The second kappa shape index (κ2) is 17.6. The van der Waals surface area contributed by atoms with Crippen LogP contribution in [0.15, 0.2) is 206 Å². The molecule has 0 aliphatic heterocycles. The van der Waals surface area contributed by atoms with Gasteiger partial charge in [-0.1, -0.05) is 182 Å². The van der Waals surface area contributed by atoms with Crippen molar-refractivity contribution in [1.29, 1.82) is 0 Å². The van der Waals surface area contributed by atoms with E-state index in [0.29, 0.717) is 0 Å². The first kappa shape index (κ1) is 42.2. The minimum Gasteiger partial charge on any atom is -0.332 e. The van der Waals surface area contributed by atoms with Crippen LogP contribution >= 0.6 is 11.3 Å². The van der Waals surface area contributed by atoms with Crippen LogP contribution in [0, 0.1) is 12.1 Å². The second-order valence-electron chi connectivity index (χ2n) is 17.2. The Labute approximate surface area is 398 Å². The predicted molar refractivity (Wildman–Crippen MR) is 276 cm³/mol. The normalized spacial score (nSPS) is 11.5. The minimum absolute atomic E-state index is 0. The van der Waals surface area contributed by atoms with E-state index in [1.54, 1.807) is 0 Å². The molecule has 6 heteroatoms. The first-order chi connectivity index (χ1) is 31.4. The molecule has 3 aromatic heterocycles. The summed E-state index contributed by atoms with van der Waals surface area (Å²) < 4.78 is 4.89. The maximum absolute atomic E-state index is 5.63. The van der Waals surface area contributed by atoms with Gasteiger partial charge < -0.3 is 9.55 Å². The van der Waals surface area contributed by atoms with Crippen LogP contribution in [0.1, 0.15) is 0 Å². The molecule has 9 aromatic carbocycles. The van der Waals surface area contributed by atoms with Crippen LogP contribution in [-0.4, -0.2) is 22.6 Å². The van der Waals surface area contributed by atoms with E-state index in [-0.39, 0.29) is 20.1 Å². The van der Waals surface area contributed by atoms with Gasteiger partial charge in [0.05, 0.1) is 24.9 Å². The fourth-order valence-electron chi connectivity index (χ4n) is 8.90. The molecule has 3 heterocycles. The van der Waals surface area contributed by atoms with Gasteiger partial charge in [0.15, 0.2) is 0 Å². The Morgan fingerprint density at radius 1 is 0.523 bits per heavy atom. The standard InChI is InChI=1S/C45H27N2S.C14H16NSi.Ir/c1-3-14-29(15-4-1)31-26-27-32(30-16-5-2-6-17-30)40(28-31)47-43-37-22-10-8-19-34(37)33-18-7-9-21-36(33)42(43)46-45(47)39-24-13-23-38-35-20-11-12-25-41(35)48-44(38)39;1-16(2,3)13-9-10-14(15-11-13)12-7-5-4-6-8-12;/h1-23,25-28H;4-7,9-11H,1-3H3;/q2*-1;. The van der Waals surface area contributed by atoms with Crippen LogP contribution in [0.5, 0.6) is 0 Å². The number of thiophene rings is 1. The number of benzene rings is 9. The largest absolute Gasteiger partial charge is 0.332 e. The van der Waals surface area contributed by atoms with Crippen molar-refractivity contribution in [3.63, 3.8) is 0 Å². The van der Waals surface area contributed by atoms with Crippen molar-refractivity contribution < 1.29 is 20.1 Å². The fourth-order valence-corrected chi connectivity index (χ4v) is 11.1. The summed E-state index contributed by atoms with van der Waals surface area (Å²) in [5, 5.41) is 8.65. The van der Waals surface area contributed by atoms with E-state index < -0.39 is 8.07 Å². The molecule has 0 aliphatic carbocycles. The summed E-state index contributed by atoms with van der Waals surface area (Å²) in [7, 11) is -1.23. The Kier molecular flexibility index (Phi) is 11.4. The Morgan fingerprint density at radius 2 is 1.17 bits per heavy atom. The van der Waals surface area contributed by atoms with E-state index >= 15 is 0 Å². The van der Waals surface area contributed by atoms with E-state index in [1.165, 1.54) is 47.1 Å². The SMILES string of the molecule is C[Si](C)(C)c1ccc(-c2[c-]cccc2)nc1.[Ir].[c-]1ccc2c(sc3ccccc32)c1-c1nc2c3ccccc3c3ccccc3c2n1-c1cc(-c2ccccc2)ccc1-c1ccccc1. The summed E-state index contributed by atoms with van der Waals surface area (Å²) in [6.07, 6.45) is 2.02. The quantitative estimate of drug-likeness (QED) is 0.0944. The molecule has 0 saturated heterocycles. The van der Waals surface area contributed by atoms with Crippen molar-refractivity contribution >= 4 is 77.3 Å². The summed E-state index contributed by atoms with van der Waals surface area (Å²) in [6, 6.07) is 77.8. The molecule has 0 atom stereocenters. The van der Waals surface area contributed by atoms with Crippen molar-refractivity contribution in [2.24, 2.45) is 0 Å². The number of fused-ring (bicyclic) bond motifs is 9. The van der Waals surface area contributed by atoms with Crippen LogP contribution < -0.4 is 5.19 Å². The molecule has 1 radical (unpaired) electrons. The zero-order valence-corrected chi connectivity index (χ0v) is 40.4. The number of nitrogens with zero attached hydrogens (tertiary/aromatic N) is 3. The van der Waals surface area contributed by atoms with Gasteiger partial charge in [-0.25, -0.2) is 0 Å². The molecule has 0 bridgehead atoms. The van der Waals surface area contributed by atoms with Gasteiger partial charge in [-0.2, -0.15) is 11.3 Å². The van der Waals surface area contributed by atoms with Crippen molar-refractivity contribution in [2.45, 2.75) is 19.6 Å². The van der Waals surface area contributed by atoms with Crippen molar-refractivity contribution in [3.8, 4) is 50.6 Å². The van der Waals surface area contributed by atoms with Gasteiger partial charge in [0.25, 0.3) is 0 Å². The van der Waals surface area contributed by atoms with Gasteiger partial charge >= 0.3 is 0 Å². The molecule has 0 amide bonds. The Morgan fingerprint density at radius 3 is 1.86 bits per heavy atom. The van der Waals surface area contributed by atoms with Crippen molar-refractivity contribution in [2.75, 3.05) is 0 Å². The fraction of sp³-hybridized carbons (Fsp3) is 0.0508. The van der Waals surface area contributed by atoms with E-state index in [2.05, 4.69) is 217 Å². The molecule has 0 unspecified atom stereocenters. The van der Waals surface area contributed by atoms with Crippen LogP contribution in [0.2, 0.25) is 19.6 Å². The minimum atomic E-state index is -1.23. The number of hydrogen-bond acceptors (Lipinski definition) is 3. The van der Waals surface area contributed by atoms with Crippen LogP contribution in [-0.2, 0) is 20.1 Å². The maximum atomic E-state index is 5.63. The predicted octanol–water partition coefficient (Wildman–Crippen LogP) is 15.6. The first-order valence-electron chi connectivity index (χ1n) is 21.7. The number of hydrogen-bond donors (Lipinski definition) is 0. The molecule has 65 heavy (non-hydrogen) atoms. The van der Waals surface area contributed by atoms with Crippen molar-refractivity contribution in [1.82, 2.24) is 14.5 Å². The van der Waals surface area contributed by atoms with E-state index in [1.807, 2.05) is 41.8 Å². The van der Waals surface area contributed by atoms with Crippen LogP contribution in [0.25, 0.3) is 103 Å². The first-order valence-corrected chi connectivity index (χ1v) is 26.1. The molecular weight excluding hydrogens is 1000 g/mol. The summed E-state index contributed by atoms with van der Waals surface area (Å²) in [4.78, 5) is 10.2. The average molecular weight is 1050 g/mol. The summed E-state index contributed by atoms with van der Waals surface area (Å²) in [6.45, 7) is 7.00. The van der Waals surface area contributed by atoms with Crippen LogP contribution in [0.3, 0.4) is 0 Å². The van der Waals surface area contributed by atoms with Gasteiger partial charge in [0, 0.05) is 53.0 Å². The zero-order chi connectivity index (χ0) is 43.2. The molecular formula is C59H43IrN3SSi-2. The molecule has 12 rings (SSSR count). The molecule has 0 aliphatic rings. The second-order valence-corrected chi connectivity index (χ2v) is 23.3. The molecule has 0 saturated carbocycles. The third-order valence-electron chi connectivity index (χ3n) is 12.1. The van der Waals surface area contributed by atoms with E-state index in [0.717, 1.165) is 61.4 Å². The molecule has 315 valence electrons. The average Bonchev–Trinajstić information content (AvgIpc) is 3.95. The Balaban J connectivity index is 0.000000249. The third kappa shape index (κ3) is 7.83. The van der Waals surface area contributed by atoms with Gasteiger partial charge in [-0.3, -0.25) is 4.98 Å². The van der Waals surface area contributed by atoms with Gasteiger partial charge in [0.2, 0.25) is 0 Å². The van der Waals surface area contributed by atoms with E-state index in [9.17, 15) is 0 Å². The Bertz CT molecular complexity index is 3630. The van der Waals surface area contributed by atoms with Gasteiger partial charge in [-0.05, 0) is 60.6 Å². The van der Waals surface area contributed by atoms with Gasteiger partial charge in [-0.15, -0.1) is 54.1 Å². The summed E-state index contributed by atoms with van der Waals surface area (Å²) >= 11 is 1.82. The maximum Gasteiger partial charge on any atom is 0.0859 e. The smallest absolute Gasteiger partial charge is 0.0859 e. The summed E-state index contributed by atoms with van der Waals surface area (Å²) in [5.74, 6) is 0.894. The Hall–Kier alpha value is -6.79.